The molecule has 2 saturated carbocycles. The highest BCUT2D eigenvalue weighted by Crippen LogP contribution is 2.30. The molecular formula is C18H26N2O2. The van der Waals surface area contributed by atoms with Crippen molar-refractivity contribution < 1.29 is 9.90 Å². The minimum Gasteiger partial charge on any atom is -0.380 e. The van der Waals surface area contributed by atoms with Crippen molar-refractivity contribution >= 4 is 11.6 Å². The molecule has 0 bridgehead atoms. The van der Waals surface area contributed by atoms with Gasteiger partial charge in [-0.05, 0) is 69.7 Å². The monoisotopic (exact) mass is 302 g/mol. The van der Waals surface area contributed by atoms with E-state index >= 15 is 0 Å². The van der Waals surface area contributed by atoms with E-state index < -0.39 is 5.60 Å². The van der Waals surface area contributed by atoms with Gasteiger partial charge in [-0.15, -0.1) is 0 Å². The molecule has 0 aromatic heterocycles. The number of rotatable bonds is 6. The van der Waals surface area contributed by atoms with Gasteiger partial charge in [-0.3, -0.25) is 4.79 Å². The molecular weight excluding hydrogens is 276 g/mol. The van der Waals surface area contributed by atoms with Crippen molar-refractivity contribution in [3.63, 3.8) is 0 Å². The Balaban J connectivity index is 1.57. The maximum atomic E-state index is 12.2. The number of nitrogens with one attached hydrogen (secondary N) is 1. The van der Waals surface area contributed by atoms with E-state index in [4.69, 9.17) is 0 Å². The summed E-state index contributed by atoms with van der Waals surface area (Å²) in [6.07, 6.45) is 6.64. The smallest absolute Gasteiger partial charge is 0.256 e. The number of aliphatic hydroxyl groups is 1. The summed E-state index contributed by atoms with van der Waals surface area (Å²) in [5, 5.41) is 13.2. The zero-order valence-corrected chi connectivity index (χ0v) is 13.3. The van der Waals surface area contributed by atoms with Gasteiger partial charge in [-0.1, -0.05) is 12.1 Å². The first-order valence-corrected chi connectivity index (χ1v) is 8.40. The van der Waals surface area contributed by atoms with E-state index in [9.17, 15) is 9.90 Å². The third-order valence-electron chi connectivity index (χ3n) is 4.96. The Kier molecular flexibility index (Phi) is 4.50. The molecule has 4 heteroatoms. The fourth-order valence-electron chi connectivity index (χ4n) is 3.24. The van der Waals surface area contributed by atoms with Crippen molar-refractivity contribution in [2.24, 2.45) is 0 Å². The lowest BCUT2D eigenvalue weighted by molar-refractivity contribution is -0.133. The Bertz CT molecular complexity index is 534. The van der Waals surface area contributed by atoms with Gasteiger partial charge in [0, 0.05) is 18.3 Å². The minimum absolute atomic E-state index is 0.253. The summed E-state index contributed by atoms with van der Waals surface area (Å²) in [6.45, 7) is 1.05. The molecule has 1 aromatic carbocycles. The number of carbonyl (C=O) groups excluding carboxylic acids is 1. The molecule has 2 aliphatic carbocycles. The highest BCUT2D eigenvalue weighted by atomic mass is 16.3. The van der Waals surface area contributed by atoms with Crippen molar-refractivity contribution in [2.75, 3.05) is 18.9 Å². The Morgan fingerprint density at radius 3 is 2.77 bits per heavy atom. The van der Waals surface area contributed by atoms with Crippen LogP contribution in [0.3, 0.4) is 0 Å². The van der Waals surface area contributed by atoms with Gasteiger partial charge in [0.05, 0.1) is 0 Å². The van der Waals surface area contributed by atoms with Crippen LogP contribution in [0.1, 0.15) is 44.1 Å². The van der Waals surface area contributed by atoms with Crippen LogP contribution in [0.25, 0.3) is 0 Å². The number of benzene rings is 1. The van der Waals surface area contributed by atoms with Gasteiger partial charge in [0.15, 0.2) is 0 Å². The lowest BCUT2D eigenvalue weighted by Crippen LogP contribution is -2.40. The summed E-state index contributed by atoms with van der Waals surface area (Å²) in [5.41, 5.74) is 0.850. The van der Waals surface area contributed by atoms with Gasteiger partial charge in [0.25, 0.3) is 5.91 Å². The first-order chi connectivity index (χ1) is 10.6. The van der Waals surface area contributed by atoms with Crippen LogP contribution >= 0.6 is 0 Å². The molecule has 2 aliphatic rings. The largest absolute Gasteiger partial charge is 0.380 e. The second-order valence-corrected chi connectivity index (χ2v) is 6.85. The number of hydrogen-bond donors (Lipinski definition) is 2. The van der Waals surface area contributed by atoms with Gasteiger partial charge in [0.2, 0.25) is 0 Å². The molecule has 120 valence electrons. The summed E-state index contributed by atoms with van der Waals surface area (Å²) in [4.78, 5) is 14.7. The van der Waals surface area contributed by atoms with Crippen LogP contribution in [0.5, 0.6) is 0 Å². The van der Waals surface area contributed by atoms with Crippen LogP contribution in [0.2, 0.25) is 0 Å². The molecule has 2 N–H and O–H groups in total. The fraction of sp³-hybridized carbons (Fsp3) is 0.611. The van der Waals surface area contributed by atoms with Gasteiger partial charge >= 0.3 is 0 Å². The van der Waals surface area contributed by atoms with Crippen molar-refractivity contribution in [3.8, 4) is 0 Å². The molecule has 4 nitrogen and oxygen atoms in total. The van der Waals surface area contributed by atoms with E-state index in [2.05, 4.69) is 23.3 Å². The number of amides is 1. The van der Waals surface area contributed by atoms with Gasteiger partial charge < -0.3 is 15.3 Å². The summed E-state index contributed by atoms with van der Waals surface area (Å²) in [5.74, 6) is -0.253. The first kappa shape index (κ1) is 15.5. The van der Waals surface area contributed by atoms with Crippen LogP contribution < -0.4 is 5.32 Å². The second kappa shape index (κ2) is 6.39. The SMILES string of the molecule is CN(CCc1cccc(NC(=O)C2(O)CCCC2)c1)C1CC1. The third kappa shape index (κ3) is 3.68. The molecule has 0 unspecified atom stereocenters. The summed E-state index contributed by atoms with van der Waals surface area (Å²) < 4.78 is 0. The number of likely N-dealkylation sites (N-methyl/N-ethyl adjacent to an activating group) is 1. The van der Waals surface area contributed by atoms with Crippen LogP contribution in [0.15, 0.2) is 24.3 Å². The Morgan fingerprint density at radius 2 is 2.09 bits per heavy atom. The van der Waals surface area contributed by atoms with E-state index in [1.807, 2.05) is 18.2 Å². The number of nitrogens with zero attached hydrogens (tertiary/aromatic N) is 1. The number of anilines is 1. The van der Waals surface area contributed by atoms with Crippen LogP contribution in [-0.4, -0.2) is 41.1 Å². The number of hydrogen-bond acceptors (Lipinski definition) is 3. The molecule has 1 aromatic rings. The van der Waals surface area contributed by atoms with Crippen LogP contribution in [-0.2, 0) is 11.2 Å². The highest BCUT2D eigenvalue weighted by molar-refractivity contribution is 5.97. The molecule has 0 atom stereocenters. The Labute approximate surface area is 132 Å². The molecule has 0 radical (unpaired) electrons. The molecule has 2 fully saturated rings. The minimum atomic E-state index is -1.16. The Hall–Kier alpha value is -1.39. The summed E-state index contributed by atoms with van der Waals surface area (Å²) in [7, 11) is 2.18. The maximum absolute atomic E-state index is 12.2. The summed E-state index contributed by atoms with van der Waals surface area (Å²) in [6, 6.07) is 8.77. The van der Waals surface area contributed by atoms with Crippen molar-refractivity contribution in [3.05, 3.63) is 29.8 Å². The van der Waals surface area contributed by atoms with E-state index in [0.717, 1.165) is 37.5 Å². The topological polar surface area (TPSA) is 52.6 Å². The van der Waals surface area contributed by atoms with E-state index in [-0.39, 0.29) is 5.91 Å². The van der Waals surface area contributed by atoms with Crippen LogP contribution in [0.4, 0.5) is 5.69 Å². The zero-order valence-electron chi connectivity index (χ0n) is 13.3. The standard InChI is InChI=1S/C18H26N2O2/c1-20(16-7-8-16)12-9-14-5-4-6-15(13-14)19-17(21)18(22)10-2-3-11-18/h4-6,13,16,22H,2-3,7-12H2,1H3,(H,19,21). The van der Waals surface area contributed by atoms with E-state index in [1.165, 1.54) is 18.4 Å². The van der Waals surface area contributed by atoms with Gasteiger partial charge in [-0.2, -0.15) is 0 Å². The third-order valence-corrected chi connectivity index (χ3v) is 4.96. The molecule has 22 heavy (non-hydrogen) atoms. The number of carbonyl (C=O) groups is 1. The van der Waals surface area contributed by atoms with Gasteiger partial charge in [0.1, 0.15) is 5.60 Å². The zero-order chi connectivity index (χ0) is 15.6. The maximum Gasteiger partial charge on any atom is 0.256 e. The lowest BCUT2D eigenvalue weighted by Gasteiger charge is -2.21. The molecule has 0 spiro atoms. The molecule has 0 aliphatic heterocycles. The normalized spacial score (nSPS) is 20.3. The fourth-order valence-corrected chi connectivity index (χ4v) is 3.24. The van der Waals surface area contributed by atoms with Crippen molar-refractivity contribution in [2.45, 2.75) is 56.6 Å². The van der Waals surface area contributed by atoms with E-state index in [1.54, 1.807) is 0 Å². The van der Waals surface area contributed by atoms with Crippen molar-refractivity contribution in [1.82, 2.24) is 4.90 Å². The average Bonchev–Trinajstić information content (AvgIpc) is 3.27. The second-order valence-electron chi connectivity index (χ2n) is 6.85. The highest BCUT2D eigenvalue weighted by Gasteiger charge is 2.38. The molecule has 3 rings (SSSR count). The van der Waals surface area contributed by atoms with Gasteiger partial charge in [-0.25, -0.2) is 0 Å². The average molecular weight is 302 g/mol. The Morgan fingerprint density at radius 1 is 1.36 bits per heavy atom. The first-order valence-electron chi connectivity index (χ1n) is 8.40. The van der Waals surface area contributed by atoms with Crippen molar-refractivity contribution in [1.29, 1.82) is 0 Å². The van der Waals surface area contributed by atoms with E-state index in [0.29, 0.717) is 12.8 Å². The summed E-state index contributed by atoms with van der Waals surface area (Å²) >= 11 is 0. The predicted molar refractivity (Wildman–Crippen MR) is 87.8 cm³/mol. The molecule has 0 heterocycles. The molecule has 1 amide bonds. The quantitative estimate of drug-likeness (QED) is 0.849. The molecule has 0 saturated heterocycles. The van der Waals surface area contributed by atoms with Crippen LogP contribution in [0, 0.1) is 0 Å². The predicted octanol–water partition coefficient (Wildman–Crippen LogP) is 2.57. The lowest BCUT2D eigenvalue weighted by atomic mass is 10.0.